The van der Waals surface area contributed by atoms with Gasteiger partial charge in [-0.25, -0.2) is 9.97 Å². The fourth-order valence-electron chi connectivity index (χ4n) is 2.41. The van der Waals surface area contributed by atoms with E-state index in [1.165, 1.54) is 0 Å². The first-order valence-corrected chi connectivity index (χ1v) is 7.20. The van der Waals surface area contributed by atoms with Crippen molar-refractivity contribution >= 4 is 23.3 Å². The highest BCUT2D eigenvalue weighted by atomic mass is 35.5. The molecule has 6 heteroatoms. The maximum Gasteiger partial charge on any atom is 0.276 e. The topological polar surface area (TPSA) is 72.1 Å². The molecule has 5 nitrogen and oxygen atoms in total. The Kier molecular flexibility index (Phi) is 3.75. The number of halogens is 1. The second-order valence-corrected chi connectivity index (χ2v) is 5.44. The van der Waals surface area contributed by atoms with Gasteiger partial charge in [-0.2, -0.15) is 0 Å². The minimum Gasteiger partial charge on any atom is -0.382 e. The third-order valence-electron chi connectivity index (χ3n) is 3.52. The summed E-state index contributed by atoms with van der Waals surface area (Å²) in [4.78, 5) is 22.7. The summed E-state index contributed by atoms with van der Waals surface area (Å²) in [5.74, 6) is 0.0130. The zero-order valence-corrected chi connectivity index (χ0v) is 12.2. The summed E-state index contributed by atoms with van der Waals surface area (Å²) in [7, 11) is 0. The zero-order chi connectivity index (χ0) is 14.8. The van der Waals surface area contributed by atoms with E-state index in [4.69, 9.17) is 17.3 Å². The van der Waals surface area contributed by atoms with E-state index in [1.807, 2.05) is 12.1 Å². The monoisotopic (exact) mass is 302 g/mol. The highest BCUT2D eigenvalue weighted by Crippen LogP contribution is 2.23. The molecule has 1 fully saturated rings. The summed E-state index contributed by atoms with van der Waals surface area (Å²) in [6.07, 6.45) is 3.60. The van der Waals surface area contributed by atoms with E-state index in [2.05, 4.69) is 9.97 Å². The van der Waals surface area contributed by atoms with Gasteiger partial charge in [0, 0.05) is 23.7 Å². The highest BCUT2D eigenvalue weighted by molar-refractivity contribution is 6.30. The van der Waals surface area contributed by atoms with Crippen LogP contribution in [-0.4, -0.2) is 33.9 Å². The molecule has 1 aliphatic heterocycles. The lowest BCUT2D eigenvalue weighted by atomic mass is 10.1. The average molecular weight is 303 g/mol. The molecule has 0 atom stereocenters. The Balaban J connectivity index is 1.98. The van der Waals surface area contributed by atoms with E-state index in [0.29, 0.717) is 10.7 Å². The van der Waals surface area contributed by atoms with Crippen molar-refractivity contribution in [3.05, 3.63) is 41.2 Å². The summed E-state index contributed by atoms with van der Waals surface area (Å²) in [6, 6.07) is 7.27. The minimum absolute atomic E-state index is 0.152. The van der Waals surface area contributed by atoms with E-state index in [0.717, 1.165) is 31.5 Å². The van der Waals surface area contributed by atoms with E-state index in [9.17, 15) is 4.79 Å². The second-order valence-electron chi connectivity index (χ2n) is 5.00. The number of aromatic nitrogens is 2. The van der Waals surface area contributed by atoms with Crippen molar-refractivity contribution in [1.29, 1.82) is 0 Å². The van der Waals surface area contributed by atoms with Crippen LogP contribution in [0.25, 0.3) is 11.3 Å². The summed E-state index contributed by atoms with van der Waals surface area (Å²) >= 11 is 5.98. The standard InChI is InChI=1S/C15H15ClN4O/c16-11-5-3-4-10(8-11)12-9-18-14(17)13(19-12)15(21)20-6-1-2-7-20/h3-5,8-9H,1-2,6-7H2,(H2,17,18). The molecule has 0 radical (unpaired) electrons. The van der Waals surface area contributed by atoms with Gasteiger partial charge in [-0.1, -0.05) is 23.7 Å². The van der Waals surface area contributed by atoms with E-state index in [1.54, 1.807) is 23.2 Å². The molecular weight excluding hydrogens is 288 g/mol. The van der Waals surface area contributed by atoms with Gasteiger partial charge < -0.3 is 10.6 Å². The number of hydrogen-bond donors (Lipinski definition) is 1. The van der Waals surface area contributed by atoms with Crippen LogP contribution in [0.2, 0.25) is 5.02 Å². The number of rotatable bonds is 2. The van der Waals surface area contributed by atoms with Crippen LogP contribution in [-0.2, 0) is 0 Å². The van der Waals surface area contributed by atoms with Crippen molar-refractivity contribution in [3.8, 4) is 11.3 Å². The zero-order valence-electron chi connectivity index (χ0n) is 11.4. The Morgan fingerprint density at radius 1 is 1.29 bits per heavy atom. The van der Waals surface area contributed by atoms with Gasteiger partial charge in [-0.05, 0) is 25.0 Å². The van der Waals surface area contributed by atoms with Gasteiger partial charge in [0.05, 0.1) is 11.9 Å². The van der Waals surface area contributed by atoms with Crippen molar-refractivity contribution in [2.45, 2.75) is 12.8 Å². The predicted octanol–water partition coefficient (Wildman–Crippen LogP) is 2.62. The third-order valence-corrected chi connectivity index (χ3v) is 3.75. The summed E-state index contributed by atoms with van der Waals surface area (Å²) < 4.78 is 0. The molecule has 0 saturated carbocycles. The number of benzene rings is 1. The molecule has 0 aliphatic carbocycles. The minimum atomic E-state index is -0.152. The van der Waals surface area contributed by atoms with Crippen molar-refractivity contribution in [1.82, 2.24) is 14.9 Å². The summed E-state index contributed by atoms with van der Waals surface area (Å²) in [5, 5.41) is 0.610. The molecule has 1 aromatic carbocycles. The van der Waals surface area contributed by atoms with E-state index < -0.39 is 0 Å². The number of carbonyl (C=O) groups excluding carboxylic acids is 1. The van der Waals surface area contributed by atoms with Crippen LogP contribution in [0.4, 0.5) is 5.82 Å². The fourth-order valence-corrected chi connectivity index (χ4v) is 2.60. The average Bonchev–Trinajstić information content (AvgIpc) is 3.01. The molecule has 1 aromatic heterocycles. The predicted molar refractivity (Wildman–Crippen MR) is 82.0 cm³/mol. The largest absolute Gasteiger partial charge is 0.382 e. The third kappa shape index (κ3) is 2.83. The Morgan fingerprint density at radius 2 is 2.05 bits per heavy atom. The molecule has 2 aromatic rings. The number of nitrogens with zero attached hydrogens (tertiary/aromatic N) is 3. The first-order chi connectivity index (χ1) is 10.1. The SMILES string of the molecule is Nc1ncc(-c2cccc(Cl)c2)nc1C(=O)N1CCCC1. The van der Waals surface area contributed by atoms with Gasteiger partial charge in [0.2, 0.25) is 0 Å². The number of carbonyl (C=O) groups is 1. The lowest BCUT2D eigenvalue weighted by Gasteiger charge is -2.15. The van der Waals surface area contributed by atoms with Gasteiger partial charge in [0.1, 0.15) is 0 Å². The molecule has 1 amide bonds. The van der Waals surface area contributed by atoms with Crippen LogP contribution < -0.4 is 5.73 Å². The molecule has 1 saturated heterocycles. The van der Waals surface area contributed by atoms with Crippen LogP contribution in [0.3, 0.4) is 0 Å². The number of amides is 1. The van der Waals surface area contributed by atoms with Gasteiger partial charge in [-0.15, -0.1) is 0 Å². The van der Waals surface area contributed by atoms with E-state index in [-0.39, 0.29) is 17.4 Å². The van der Waals surface area contributed by atoms with Crippen LogP contribution >= 0.6 is 11.6 Å². The maximum absolute atomic E-state index is 12.4. The van der Waals surface area contributed by atoms with Gasteiger partial charge in [-0.3, -0.25) is 4.79 Å². The molecule has 108 valence electrons. The normalized spacial score (nSPS) is 14.4. The quantitative estimate of drug-likeness (QED) is 0.925. The van der Waals surface area contributed by atoms with Gasteiger partial charge >= 0.3 is 0 Å². The number of nitrogen functional groups attached to an aromatic ring is 1. The molecule has 0 spiro atoms. The van der Waals surface area contributed by atoms with Crippen molar-refractivity contribution in [2.24, 2.45) is 0 Å². The molecule has 0 bridgehead atoms. The lowest BCUT2D eigenvalue weighted by Crippen LogP contribution is -2.29. The summed E-state index contributed by atoms with van der Waals surface area (Å²) in [5.41, 5.74) is 7.44. The van der Waals surface area contributed by atoms with Crippen molar-refractivity contribution in [2.75, 3.05) is 18.8 Å². The molecule has 2 N–H and O–H groups in total. The maximum atomic E-state index is 12.4. The Morgan fingerprint density at radius 3 is 2.76 bits per heavy atom. The fraction of sp³-hybridized carbons (Fsp3) is 0.267. The molecule has 3 rings (SSSR count). The molecule has 2 heterocycles. The smallest absolute Gasteiger partial charge is 0.276 e. The van der Waals surface area contributed by atoms with Crippen molar-refractivity contribution in [3.63, 3.8) is 0 Å². The highest BCUT2D eigenvalue weighted by Gasteiger charge is 2.23. The van der Waals surface area contributed by atoms with Gasteiger partial charge in [0.25, 0.3) is 5.91 Å². The van der Waals surface area contributed by atoms with Crippen LogP contribution in [0.1, 0.15) is 23.3 Å². The lowest BCUT2D eigenvalue weighted by molar-refractivity contribution is 0.0788. The first-order valence-electron chi connectivity index (χ1n) is 6.83. The Labute approximate surface area is 127 Å². The molecule has 1 aliphatic rings. The van der Waals surface area contributed by atoms with Gasteiger partial charge in [0.15, 0.2) is 11.5 Å². The number of nitrogens with two attached hydrogens (primary N) is 1. The first kappa shape index (κ1) is 13.8. The summed E-state index contributed by atoms with van der Waals surface area (Å²) in [6.45, 7) is 1.50. The van der Waals surface area contributed by atoms with Crippen LogP contribution in [0.5, 0.6) is 0 Å². The molecular formula is C15H15ClN4O. The second kappa shape index (κ2) is 5.69. The van der Waals surface area contributed by atoms with E-state index >= 15 is 0 Å². The Bertz CT molecular complexity index is 683. The molecule has 0 unspecified atom stereocenters. The molecule has 21 heavy (non-hydrogen) atoms. The van der Waals surface area contributed by atoms with Crippen LogP contribution in [0, 0.1) is 0 Å². The Hall–Kier alpha value is -2.14. The van der Waals surface area contributed by atoms with Crippen LogP contribution in [0.15, 0.2) is 30.5 Å². The van der Waals surface area contributed by atoms with Crippen molar-refractivity contribution < 1.29 is 4.79 Å². The number of hydrogen-bond acceptors (Lipinski definition) is 4. The number of anilines is 1. The number of likely N-dealkylation sites (tertiary alicyclic amines) is 1.